The highest BCUT2D eigenvalue weighted by Gasteiger charge is 2.07. The molecule has 0 aliphatic carbocycles. The summed E-state index contributed by atoms with van der Waals surface area (Å²) in [6.45, 7) is 1.49. The Labute approximate surface area is 164 Å². The van der Waals surface area contributed by atoms with Gasteiger partial charge in [-0.1, -0.05) is 41.6 Å². The molecule has 2 N–H and O–H groups in total. The van der Waals surface area contributed by atoms with Gasteiger partial charge >= 0.3 is 0 Å². The van der Waals surface area contributed by atoms with Crippen molar-refractivity contribution >= 4 is 29.3 Å². The molecule has 26 heavy (non-hydrogen) atoms. The van der Waals surface area contributed by atoms with Crippen molar-refractivity contribution in [2.45, 2.75) is 35.5 Å². The standard InChI is InChI=1S/C20H25ClN2O2S/c1-25-23-15-5-4-14-22-20(24)13-8-16-6-2-3-7-19(16)26-18-11-9-17(21)10-12-18/h2-3,6-7,9-12,23H,4-5,8,13-15H2,1H3,(H,22,24). The van der Waals surface area contributed by atoms with Crippen molar-refractivity contribution in [1.82, 2.24) is 10.8 Å². The number of rotatable bonds is 11. The van der Waals surface area contributed by atoms with E-state index in [0.29, 0.717) is 13.0 Å². The topological polar surface area (TPSA) is 50.4 Å². The summed E-state index contributed by atoms with van der Waals surface area (Å²) in [6.07, 6.45) is 3.13. The minimum atomic E-state index is 0.0935. The third kappa shape index (κ3) is 7.79. The monoisotopic (exact) mass is 392 g/mol. The van der Waals surface area contributed by atoms with Crippen LogP contribution >= 0.6 is 23.4 Å². The molecule has 2 aromatic carbocycles. The number of benzene rings is 2. The Balaban J connectivity index is 1.78. The largest absolute Gasteiger partial charge is 0.356 e. The van der Waals surface area contributed by atoms with E-state index in [0.717, 1.165) is 35.7 Å². The van der Waals surface area contributed by atoms with Gasteiger partial charge in [-0.05, 0) is 55.2 Å². The van der Waals surface area contributed by atoms with Crippen molar-refractivity contribution in [3.63, 3.8) is 0 Å². The van der Waals surface area contributed by atoms with Gasteiger partial charge in [0.2, 0.25) is 5.91 Å². The molecule has 0 radical (unpaired) electrons. The number of aryl methyl sites for hydroxylation is 1. The fourth-order valence-corrected chi connectivity index (χ4v) is 3.53. The van der Waals surface area contributed by atoms with Crippen molar-refractivity contribution in [3.8, 4) is 0 Å². The van der Waals surface area contributed by atoms with E-state index >= 15 is 0 Å². The van der Waals surface area contributed by atoms with Crippen LogP contribution in [-0.2, 0) is 16.1 Å². The van der Waals surface area contributed by atoms with E-state index in [4.69, 9.17) is 16.4 Å². The number of halogens is 1. The minimum absolute atomic E-state index is 0.0935. The van der Waals surface area contributed by atoms with Crippen molar-refractivity contribution < 1.29 is 9.63 Å². The van der Waals surface area contributed by atoms with Crippen LogP contribution < -0.4 is 10.8 Å². The second-order valence-corrected chi connectivity index (χ2v) is 7.37. The van der Waals surface area contributed by atoms with E-state index in [1.807, 2.05) is 36.4 Å². The number of carbonyl (C=O) groups excluding carboxylic acids is 1. The summed E-state index contributed by atoms with van der Waals surface area (Å²) in [5.41, 5.74) is 3.98. The van der Waals surface area contributed by atoms with Crippen molar-refractivity contribution in [2.24, 2.45) is 0 Å². The number of nitrogens with one attached hydrogen (secondary N) is 2. The predicted octanol–water partition coefficient (Wildman–Crippen LogP) is 4.47. The zero-order valence-corrected chi connectivity index (χ0v) is 16.5. The molecule has 0 saturated carbocycles. The highest BCUT2D eigenvalue weighted by Crippen LogP contribution is 2.31. The molecule has 0 fully saturated rings. The number of carbonyl (C=O) groups is 1. The SMILES string of the molecule is CONCCCCNC(=O)CCc1ccccc1Sc1ccc(Cl)cc1. The molecule has 6 heteroatoms. The molecule has 0 spiro atoms. The highest BCUT2D eigenvalue weighted by molar-refractivity contribution is 7.99. The fraction of sp³-hybridized carbons (Fsp3) is 0.350. The molecule has 0 saturated heterocycles. The molecular weight excluding hydrogens is 368 g/mol. The fourth-order valence-electron chi connectivity index (χ4n) is 2.43. The number of hydrogen-bond donors (Lipinski definition) is 2. The van der Waals surface area contributed by atoms with Gasteiger partial charge in [0.25, 0.3) is 0 Å². The minimum Gasteiger partial charge on any atom is -0.356 e. The van der Waals surface area contributed by atoms with Crippen LogP contribution in [0.15, 0.2) is 58.3 Å². The van der Waals surface area contributed by atoms with E-state index in [2.05, 4.69) is 22.9 Å². The van der Waals surface area contributed by atoms with Crippen molar-refractivity contribution in [3.05, 3.63) is 59.1 Å². The lowest BCUT2D eigenvalue weighted by Crippen LogP contribution is -2.25. The Bertz CT molecular complexity index is 680. The smallest absolute Gasteiger partial charge is 0.220 e. The first-order valence-corrected chi connectivity index (χ1v) is 9.92. The first-order chi connectivity index (χ1) is 12.7. The number of unbranched alkanes of at least 4 members (excludes halogenated alkanes) is 1. The Kier molecular flexibility index (Phi) is 9.56. The Morgan fingerprint density at radius 3 is 2.58 bits per heavy atom. The van der Waals surface area contributed by atoms with Crippen LogP contribution in [0.3, 0.4) is 0 Å². The van der Waals surface area contributed by atoms with Crippen LogP contribution in [0.5, 0.6) is 0 Å². The lowest BCUT2D eigenvalue weighted by atomic mass is 10.1. The van der Waals surface area contributed by atoms with Crippen molar-refractivity contribution in [2.75, 3.05) is 20.2 Å². The van der Waals surface area contributed by atoms with Gasteiger partial charge in [-0.3, -0.25) is 4.79 Å². The number of amides is 1. The first kappa shape index (κ1) is 20.8. The van der Waals surface area contributed by atoms with E-state index in [1.54, 1.807) is 18.9 Å². The van der Waals surface area contributed by atoms with Crippen molar-refractivity contribution in [1.29, 1.82) is 0 Å². The lowest BCUT2D eigenvalue weighted by molar-refractivity contribution is -0.121. The summed E-state index contributed by atoms with van der Waals surface area (Å²) in [5.74, 6) is 0.0935. The number of hydroxylamine groups is 1. The maximum Gasteiger partial charge on any atom is 0.220 e. The Morgan fingerprint density at radius 1 is 1.08 bits per heavy atom. The van der Waals surface area contributed by atoms with E-state index < -0.39 is 0 Å². The molecule has 1 amide bonds. The van der Waals surface area contributed by atoms with Crippen LogP contribution in [0.25, 0.3) is 0 Å². The van der Waals surface area contributed by atoms with Gasteiger partial charge in [-0.25, -0.2) is 5.48 Å². The first-order valence-electron chi connectivity index (χ1n) is 8.73. The average Bonchev–Trinajstić information content (AvgIpc) is 2.65. The Morgan fingerprint density at radius 2 is 1.81 bits per heavy atom. The van der Waals surface area contributed by atoms with Crippen LogP contribution in [0, 0.1) is 0 Å². The number of hydrogen-bond acceptors (Lipinski definition) is 4. The molecule has 4 nitrogen and oxygen atoms in total. The van der Waals surface area contributed by atoms with Crippen LogP contribution in [-0.4, -0.2) is 26.1 Å². The van der Waals surface area contributed by atoms with Gasteiger partial charge in [0.15, 0.2) is 0 Å². The van der Waals surface area contributed by atoms with Crippen LogP contribution in [0.1, 0.15) is 24.8 Å². The van der Waals surface area contributed by atoms with E-state index in [1.165, 1.54) is 10.5 Å². The van der Waals surface area contributed by atoms with Gasteiger partial charge in [0.1, 0.15) is 0 Å². The Hall–Kier alpha value is -1.53. The second-order valence-electron chi connectivity index (χ2n) is 5.82. The highest BCUT2D eigenvalue weighted by atomic mass is 35.5. The molecule has 140 valence electrons. The summed E-state index contributed by atoms with van der Waals surface area (Å²) in [6, 6.07) is 16.0. The van der Waals surface area contributed by atoms with Gasteiger partial charge in [-0.2, -0.15) is 0 Å². The van der Waals surface area contributed by atoms with Gasteiger partial charge in [0, 0.05) is 34.3 Å². The summed E-state index contributed by atoms with van der Waals surface area (Å²) in [7, 11) is 1.60. The maximum absolute atomic E-state index is 12.0. The quantitative estimate of drug-likeness (QED) is 0.437. The summed E-state index contributed by atoms with van der Waals surface area (Å²) in [4.78, 5) is 19.1. The zero-order chi connectivity index (χ0) is 18.6. The average molecular weight is 393 g/mol. The van der Waals surface area contributed by atoms with E-state index in [-0.39, 0.29) is 5.91 Å². The van der Waals surface area contributed by atoms with Gasteiger partial charge in [-0.15, -0.1) is 0 Å². The van der Waals surface area contributed by atoms with Gasteiger partial charge in [0.05, 0.1) is 7.11 Å². The van der Waals surface area contributed by atoms with Gasteiger partial charge < -0.3 is 10.2 Å². The van der Waals surface area contributed by atoms with Crippen LogP contribution in [0.2, 0.25) is 5.02 Å². The molecule has 0 atom stereocenters. The molecule has 0 aliphatic rings. The maximum atomic E-state index is 12.0. The zero-order valence-electron chi connectivity index (χ0n) is 15.0. The molecule has 2 rings (SSSR count). The molecule has 0 unspecified atom stereocenters. The molecule has 0 aromatic heterocycles. The van der Waals surface area contributed by atoms with Crippen LogP contribution in [0.4, 0.5) is 0 Å². The lowest BCUT2D eigenvalue weighted by Gasteiger charge is -2.10. The normalized spacial score (nSPS) is 10.7. The predicted molar refractivity (Wildman–Crippen MR) is 108 cm³/mol. The molecule has 0 aliphatic heterocycles. The van der Waals surface area contributed by atoms with E-state index in [9.17, 15) is 4.79 Å². The molecular formula is C20H25ClN2O2S. The third-order valence-electron chi connectivity index (χ3n) is 3.81. The summed E-state index contributed by atoms with van der Waals surface area (Å²) in [5, 5.41) is 3.71. The summed E-state index contributed by atoms with van der Waals surface area (Å²) < 4.78 is 0. The third-order valence-corrected chi connectivity index (χ3v) is 5.19. The molecule has 0 bridgehead atoms. The molecule has 2 aromatic rings. The summed E-state index contributed by atoms with van der Waals surface area (Å²) >= 11 is 7.64. The molecule has 0 heterocycles. The second kappa shape index (κ2) is 12.0.